The van der Waals surface area contributed by atoms with Crippen molar-refractivity contribution < 1.29 is 29.0 Å². The first-order valence-corrected chi connectivity index (χ1v) is 5.72. The predicted octanol–water partition coefficient (Wildman–Crippen LogP) is -0.454. The summed E-state index contributed by atoms with van der Waals surface area (Å²) in [6, 6.07) is -1.07. The van der Waals surface area contributed by atoms with Crippen LogP contribution in [0.4, 0.5) is 0 Å². The second-order valence-electron chi connectivity index (χ2n) is 4.07. The van der Waals surface area contributed by atoms with Gasteiger partial charge in [0.15, 0.2) is 0 Å². The lowest BCUT2D eigenvalue weighted by atomic mass is 10.1. The number of ether oxygens (including phenoxy) is 2. The quantitative estimate of drug-likeness (QED) is 0.626. The second kappa shape index (κ2) is 6.95. The van der Waals surface area contributed by atoms with Gasteiger partial charge in [-0.3, -0.25) is 9.59 Å². The maximum absolute atomic E-state index is 11.7. The van der Waals surface area contributed by atoms with Gasteiger partial charge in [-0.15, -0.1) is 0 Å². The van der Waals surface area contributed by atoms with E-state index in [-0.39, 0.29) is 24.7 Å². The van der Waals surface area contributed by atoms with Crippen molar-refractivity contribution in [2.45, 2.75) is 25.3 Å². The Kier molecular flexibility index (Phi) is 5.57. The molecule has 0 bridgehead atoms. The van der Waals surface area contributed by atoms with Gasteiger partial charge in [0.2, 0.25) is 5.91 Å². The lowest BCUT2D eigenvalue weighted by Crippen LogP contribution is -2.44. The zero-order chi connectivity index (χ0) is 13.5. The van der Waals surface area contributed by atoms with E-state index in [4.69, 9.17) is 9.84 Å². The van der Waals surface area contributed by atoms with E-state index in [1.165, 1.54) is 7.11 Å². The molecule has 1 aliphatic heterocycles. The molecule has 1 fully saturated rings. The molecule has 2 N–H and O–H groups in total. The molecule has 0 spiro atoms. The highest BCUT2D eigenvalue weighted by molar-refractivity contribution is 5.85. The van der Waals surface area contributed by atoms with Crippen molar-refractivity contribution in [3.63, 3.8) is 0 Å². The Balaban J connectivity index is 2.44. The molecule has 1 rings (SSSR count). The van der Waals surface area contributed by atoms with Gasteiger partial charge in [-0.25, -0.2) is 4.79 Å². The molecule has 0 aromatic carbocycles. The summed E-state index contributed by atoms with van der Waals surface area (Å²) in [6.07, 6.45) is 0.561. The number of methoxy groups -OCH3 is 1. The highest BCUT2D eigenvalue weighted by Crippen LogP contribution is 2.13. The lowest BCUT2D eigenvalue weighted by Gasteiger charge is -2.16. The summed E-state index contributed by atoms with van der Waals surface area (Å²) >= 11 is 0. The van der Waals surface area contributed by atoms with Crippen LogP contribution in [0.15, 0.2) is 0 Å². The number of amides is 1. The Morgan fingerprint density at radius 1 is 1.50 bits per heavy atom. The summed E-state index contributed by atoms with van der Waals surface area (Å²) in [4.78, 5) is 33.6. The molecule has 1 amide bonds. The van der Waals surface area contributed by atoms with Gasteiger partial charge in [-0.05, 0) is 12.8 Å². The smallest absolute Gasteiger partial charge is 0.326 e. The molecule has 0 radical (unpaired) electrons. The fourth-order valence-electron chi connectivity index (χ4n) is 1.65. The Morgan fingerprint density at radius 2 is 2.22 bits per heavy atom. The van der Waals surface area contributed by atoms with E-state index in [0.29, 0.717) is 19.6 Å². The maximum Gasteiger partial charge on any atom is 0.326 e. The molecule has 7 nitrogen and oxygen atoms in total. The number of rotatable bonds is 6. The molecule has 1 unspecified atom stereocenters. The Hall–Kier alpha value is -1.63. The fourth-order valence-corrected chi connectivity index (χ4v) is 1.65. The molecule has 1 aliphatic rings. The minimum absolute atomic E-state index is 0.0152. The first-order valence-electron chi connectivity index (χ1n) is 5.72. The predicted molar refractivity (Wildman–Crippen MR) is 59.7 cm³/mol. The first kappa shape index (κ1) is 14.4. The topological polar surface area (TPSA) is 102 Å². The second-order valence-corrected chi connectivity index (χ2v) is 4.07. The zero-order valence-corrected chi connectivity index (χ0v) is 10.2. The van der Waals surface area contributed by atoms with Crippen LogP contribution in [0.25, 0.3) is 0 Å². The number of carboxylic acids is 1. The number of hydrogen-bond acceptors (Lipinski definition) is 5. The van der Waals surface area contributed by atoms with Crippen LogP contribution in [0.2, 0.25) is 0 Å². The highest BCUT2D eigenvalue weighted by Gasteiger charge is 2.28. The number of carbonyl (C=O) groups is 3. The highest BCUT2D eigenvalue weighted by atomic mass is 16.5. The Morgan fingerprint density at radius 3 is 2.72 bits per heavy atom. The van der Waals surface area contributed by atoms with Crippen LogP contribution in [0, 0.1) is 5.92 Å². The van der Waals surface area contributed by atoms with Gasteiger partial charge in [0.05, 0.1) is 19.6 Å². The van der Waals surface area contributed by atoms with Crippen molar-refractivity contribution >= 4 is 17.8 Å². The van der Waals surface area contributed by atoms with E-state index in [2.05, 4.69) is 10.1 Å². The third-order valence-corrected chi connectivity index (χ3v) is 2.78. The molecule has 18 heavy (non-hydrogen) atoms. The van der Waals surface area contributed by atoms with Gasteiger partial charge in [-0.2, -0.15) is 0 Å². The molecule has 1 saturated heterocycles. The van der Waals surface area contributed by atoms with Crippen molar-refractivity contribution in [1.82, 2.24) is 5.32 Å². The molecule has 102 valence electrons. The molecule has 1 heterocycles. The van der Waals surface area contributed by atoms with E-state index in [1.807, 2.05) is 0 Å². The Labute approximate surface area is 104 Å². The van der Waals surface area contributed by atoms with E-state index in [1.54, 1.807) is 0 Å². The van der Waals surface area contributed by atoms with Crippen LogP contribution in [-0.4, -0.2) is 49.3 Å². The van der Waals surface area contributed by atoms with Gasteiger partial charge in [0.25, 0.3) is 0 Å². The molecule has 0 aromatic heterocycles. The van der Waals surface area contributed by atoms with Gasteiger partial charge in [-0.1, -0.05) is 0 Å². The normalized spacial score (nSPS) is 20.2. The van der Waals surface area contributed by atoms with Crippen molar-refractivity contribution in [2.75, 3.05) is 20.3 Å². The molecule has 0 aromatic rings. The average Bonchev–Trinajstić information content (AvgIpc) is 2.87. The summed E-state index contributed by atoms with van der Waals surface area (Å²) in [5, 5.41) is 11.4. The van der Waals surface area contributed by atoms with Gasteiger partial charge < -0.3 is 19.9 Å². The number of hydrogen-bond donors (Lipinski definition) is 2. The fraction of sp³-hybridized carbons (Fsp3) is 0.727. The summed E-state index contributed by atoms with van der Waals surface area (Å²) in [5.41, 5.74) is 0. The monoisotopic (exact) mass is 259 g/mol. The minimum Gasteiger partial charge on any atom is -0.480 e. The van der Waals surface area contributed by atoms with E-state index in [9.17, 15) is 14.4 Å². The van der Waals surface area contributed by atoms with Crippen LogP contribution in [0.1, 0.15) is 19.3 Å². The van der Waals surface area contributed by atoms with E-state index in [0.717, 1.165) is 0 Å². The third-order valence-electron chi connectivity index (χ3n) is 2.78. The largest absolute Gasteiger partial charge is 0.480 e. The van der Waals surface area contributed by atoms with Crippen LogP contribution >= 0.6 is 0 Å². The summed E-state index contributed by atoms with van der Waals surface area (Å²) in [7, 11) is 1.23. The van der Waals surface area contributed by atoms with Crippen molar-refractivity contribution in [3.05, 3.63) is 0 Å². The van der Waals surface area contributed by atoms with Crippen molar-refractivity contribution in [2.24, 2.45) is 5.92 Å². The molecular weight excluding hydrogens is 242 g/mol. The number of esters is 1. The SMILES string of the molecule is COC(=O)CC[C@@H](NC(=O)C1CCOC1)C(=O)O. The van der Waals surface area contributed by atoms with Crippen LogP contribution < -0.4 is 5.32 Å². The molecule has 7 heteroatoms. The summed E-state index contributed by atoms with van der Waals surface area (Å²) < 4.78 is 9.47. The molecule has 0 aliphatic carbocycles. The van der Waals surface area contributed by atoms with Crippen LogP contribution in [0.5, 0.6) is 0 Å². The minimum atomic E-state index is -1.16. The van der Waals surface area contributed by atoms with Gasteiger partial charge in [0, 0.05) is 13.0 Å². The number of aliphatic carboxylic acids is 1. The number of nitrogens with one attached hydrogen (secondary N) is 1. The van der Waals surface area contributed by atoms with E-state index >= 15 is 0 Å². The zero-order valence-electron chi connectivity index (χ0n) is 10.2. The molecule has 0 saturated carbocycles. The van der Waals surface area contributed by atoms with Crippen molar-refractivity contribution in [1.29, 1.82) is 0 Å². The van der Waals surface area contributed by atoms with Crippen molar-refractivity contribution in [3.8, 4) is 0 Å². The lowest BCUT2D eigenvalue weighted by molar-refractivity contribution is -0.144. The number of carbonyl (C=O) groups excluding carboxylic acids is 2. The summed E-state index contributed by atoms with van der Waals surface area (Å²) in [5.74, 6) is -2.30. The third kappa shape index (κ3) is 4.33. The average molecular weight is 259 g/mol. The van der Waals surface area contributed by atoms with Gasteiger partial charge >= 0.3 is 11.9 Å². The maximum atomic E-state index is 11.7. The standard InChI is InChI=1S/C11H17NO6/c1-17-9(13)3-2-8(11(15)16)12-10(14)7-4-5-18-6-7/h7-8H,2-6H2,1H3,(H,12,14)(H,15,16)/t7?,8-/m1/s1. The van der Waals surface area contributed by atoms with Crippen LogP contribution in [-0.2, 0) is 23.9 Å². The molecule has 2 atom stereocenters. The van der Waals surface area contributed by atoms with E-state index < -0.39 is 18.0 Å². The Bertz CT molecular complexity index is 323. The van der Waals surface area contributed by atoms with Crippen LogP contribution in [0.3, 0.4) is 0 Å². The number of carboxylic acid groups (broad SMARTS) is 1. The van der Waals surface area contributed by atoms with Gasteiger partial charge in [0.1, 0.15) is 6.04 Å². The molecular formula is C11H17NO6. The summed E-state index contributed by atoms with van der Waals surface area (Å²) in [6.45, 7) is 0.827. The first-order chi connectivity index (χ1) is 8.54.